The molecule has 4 nitrogen and oxygen atoms in total. The minimum absolute atomic E-state index is 0.0918. The standard InChI is InChI=1S/C19H20ClNO3/c1-2-24-19(23)16(10-15-8-9-17(22)11-18(15)20)13-21-12-14-6-4-3-5-7-14/h3-9,11,13,16,22H,2,10,12H2,1H3. The van der Waals surface area contributed by atoms with Gasteiger partial charge >= 0.3 is 5.97 Å². The van der Waals surface area contributed by atoms with E-state index in [-0.39, 0.29) is 11.7 Å². The number of benzene rings is 2. The summed E-state index contributed by atoms with van der Waals surface area (Å²) in [4.78, 5) is 16.5. The molecule has 0 aromatic heterocycles. The summed E-state index contributed by atoms with van der Waals surface area (Å²) in [6.45, 7) is 2.58. The maximum absolute atomic E-state index is 12.2. The van der Waals surface area contributed by atoms with Gasteiger partial charge in [-0.25, -0.2) is 0 Å². The number of phenolic OH excluding ortho intramolecular Hbond substituents is 1. The van der Waals surface area contributed by atoms with E-state index in [1.807, 2.05) is 30.3 Å². The molecule has 2 aromatic carbocycles. The minimum Gasteiger partial charge on any atom is -0.508 e. The van der Waals surface area contributed by atoms with Crippen molar-refractivity contribution in [1.82, 2.24) is 0 Å². The lowest BCUT2D eigenvalue weighted by Crippen LogP contribution is -2.21. The van der Waals surface area contributed by atoms with Crippen molar-refractivity contribution < 1.29 is 14.6 Å². The lowest BCUT2D eigenvalue weighted by molar-refractivity contribution is -0.145. The van der Waals surface area contributed by atoms with Crippen molar-refractivity contribution in [3.05, 3.63) is 64.7 Å². The summed E-state index contributed by atoms with van der Waals surface area (Å²) < 4.78 is 5.12. The van der Waals surface area contributed by atoms with Gasteiger partial charge < -0.3 is 9.84 Å². The molecule has 0 fully saturated rings. The molecular weight excluding hydrogens is 326 g/mol. The van der Waals surface area contributed by atoms with Crippen LogP contribution in [0.2, 0.25) is 5.02 Å². The summed E-state index contributed by atoms with van der Waals surface area (Å²) in [5.41, 5.74) is 1.83. The molecule has 24 heavy (non-hydrogen) atoms. The first kappa shape index (κ1) is 18.0. The van der Waals surface area contributed by atoms with E-state index < -0.39 is 5.92 Å². The third-order valence-corrected chi connectivity index (χ3v) is 3.82. The minimum atomic E-state index is -0.518. The number of esters is 1. The average molecular weight is 346 g/mol. The van der Waals surface area contributed by atoms with E-state index in [0.29, 0.717) is 24.6 Å². The number of hydrogen-bond acceptors (Lipinski definition) is 4. The fourth-order valence-electron chi connectivity index (χ4n) is 2.25. The second-order valence-corrected chi connectivity index (χ2v) is 5.72. The molecule has 1 atom stereocenters. The molecule has 126 valence electrons. The Kier molecular flexibility index (Phi) is 6.82. The van der Waals surface area contributed by atoms with Gasteiger partial charge in [0, 0.05) is 11.2 Å². The van der Waals surface area contributed by atoms with Gasteiger partial charge in [-0.1, -0.05) is 48.0 Å². The Bertz CT molecular complexity index is 701. The Morgan fingerprint density at radius 2 is 2.04 bits per heavy atom. The molecule has 0 amide bonds. The van der Waals surface area contributed by atoms with Gasteiger partial charge in [0.25, 0.3) is 0 Å². The Morgan fingerprint density at radius 3 is 2.71 bits per heavy atom. The molecule has 1 N–H and O–H groups in total. The Hall–Kier alpha value is -2.33. The fourth-order valence-corrected chi connectivity index (χ4v) is 2.51. The van der Waals surface area contributed by atoms with Gasteiger partial charge in [-0.05, 0) is 36.6 Å². The molecule has 2 rings (SSSR count). The van der Waals surface area contributed by atoms with E-state index in [9.17, 15) is 9.90 Å². The zero-order valence-electron chi connectivity index (χ0n) is 13.5. The van der Waals surface area contributed by atoms with Crippen LogP contribution in [-0.2, 0) is 22.5 Å². The number of carbonyl (C=O) groups excluding carboxylic acids is 1. The zero-order valence-corrected chi connectivity index (χ0v) is 14.2. The van der Waals surface area contributed by atoms with Crippen LogP contribution in [0, 0.1) is 5.92 Å². The summed E-state index contributed by atoms with van der Waals surface area (Å²) in [5.74, 6) is -0.761. The highest BCUT2D eigenvalue weighted by molar-refractivity contribution is 6.31. The molecule has 0 bridgehead atoms. The largest absolute Gasteiger partial charge is 0.508 e. The first-order valence-corrected chi connectivity index (χ1v) is 8.16. The topological polar surface area (TPSA) is 58.9 Å². The number of ether oxygens (including phenoxy) is 1. The van der Waals surface area contributed by atoms with E-state index in [2.05, 4.69) is 4.99 Å². The molecule has 0 saturated carbocycles. The predicted octanol–water partition coefficient (Wildman–Crippen LogP) is 4.04. The van der Waals surface area contributed by atoms with Crippen LogP contribution in [0.1, 0.15) is 18.1 Å². The van der Waals surface area contributed by atoms with Crippen LogP contribution < -0.4 is 0 Å². The number of nitrogens with zero attached hydrogens (tertiary/aromatic N) is 1. The summed E-state index contributed by atoms with van der Waals surface area (Å²) in [6.07, 6.45) is 1.99. The maximum atomic E-state index is 12.2. The summed E-state index contributed by atoms with van der Waals surface area (Å²) in [7, 11) is 0. The molecular formula is C19H20ClNO3. The smallest absolute Gasteiger partial charge is 0.314 e. The van der Waals surface area contributed by atoms with Gasteiger partial charge in [0.2, 0.25) is 0 Å². The van der Waals surface area contributed by atoms with Crippen LogP contribution in [0.5, 0.6) is 5.75 Å². The van der Waals surface area contributed by atoms with E-state index in [0.717, 1.165) is 11.1 Å². The van der Waals surface area contributed by atoms with Gasteiger partial charge in [-0.3, -0.25) is 9.79 Å². The second kappa shape index (κ2) is 9.08. The van der Waals surface area contributed by atoms with Crippen LogP contribution in [0.25, 0.3) is 0 Å². The van der Waals surface area contributed by atoms with Crippen molar-refractivity contribution in [2.24, 2.45) is 10.9 Å². The number of rotatable bonds is 7. The van der Waals surface area contributed by atoms with Crippen molar-refractivity contribution in [1.29, 1.82) is 0 Å². The van der Waals surface area contributed by atoms with Crippen molar-refractivity contribution >= 4 is 23.8 Å². The second-order valence-electron chi connectivity index (χ2n) is 5.31. The van der Waals surface area contributed by atoms with Crippen molar-refractivity contribution in [2.45, 2.75) is 19.9 Å². The van der Waals surface area contributed by atoms with Crippen LogP contribution in [0.4, 0.5) is 0 Å². The third kappa shape index (κ3) is 5.39. The van der Waals surface area contributed by atoms with Gasteiger partial charge in [0.15, 0.2) is 0 Å². The Labute approximate surface area is 146 Å². The molecule has 0 saturated heterocycles. The van der Waals surface area contributed by atoms with Gasteiger partial charge in [0.05, 0.1) is 19.1 Å². The molecule has 0 spiro atoms. The predicted molar refractivity (Wildman–Crippen MR) is 95.6 cm³/mol. The van der Waals surface area contributed by atoms with Crippen molar-refractivity contribution in [3.63, 3.8) is 0 Å². The lowest BCUT2D eigenvalue weighted by atomic mass is 10.00. The number of phenols is 1. The number of carbonyl (C=O) groups is 1. The van der Waals surface area contributed by atoms with E-state index in [1.54, 1.807) is 25.3 Å². The van der Waals surface area contributed by atoms with Crippen molar-refractivity contribution in [2.75, 3.05) is 6.61 Å². The number of aliphatic imine (C=N–C) groups is 1. The van der Waals surface area contributed by atoms with Gasteiger partial charge in [-0.15, -0.1) is 0 Å². The molecule has 1 unspecified atom stereocenters. The molecule has 0 aliphatic rings. The zero-order chi connectivity index (χ0) is 17.4. The molecule has 0 aliphatic heterocycles. The maximum Gasteiger partial charge on any atom is 0.314 e. The first-order chi connectivity index (χ1) is 11.6. The van der Waals surface area contributed by atoms with Crippen LogP contribution >= 0.6 is 11.6 Å². The van der Waals surface area contributed by atoms with Crippen molar-refractivity contribution in [3.8, 4) is 5.75 Å². The molecule has 0 heterocycles. The Morgan fingerprint density at radius 1 is 1.29 bits per heavy atom. The van der Waals surface area contributed by atoms with Crippen LogP contribution in [0.3, 0.4) is 0 Å². The van der Waals surface area contributed by atoms with E-state index in [1.165, 1.54) is 6.07 Å². The molecule has 2 aromatic rings. The quantitative estimate of drug-likeness (QED) is 0.608. The van der Waals surface area contributed by atoms with Gasteiger partial charge in [0.1, 0.15) is 5.75 Å². The Balaban J connectivity index is 2.10. The first-order valence-electron chi connectivity index (χ1n) is 7.78. The van der Waals surface area contributed by atoms with E-state index in [4.69, 9.17) is 16.3 Å². The third-order valence-electron chi connectivity index (χ3n) is 3.47. The lowest BCUT2D eigenvalue weighted by Gasteiger charge is -2.12. The number of aromatic hydroxyl groups is 1. The summed E-state index contributed by atoms with van der Waals surface area (Å²) in [6, 6.07) is 14.5. The van der Waals surface area contributed by atoms with E-state index >= 15 is 0 Å². The highest BCUT2D eigenvalue weighted by Gasteiger charge is 2.19. The molecule has 0 aliphatic carbocycles. The summed E-state index contributed by atoms with van der Waals surface area (Å²) >= 11 is 6.13. The summed E-state index contributed by atoms with van der Waals surface area (Å²) in [5, 5.41) is 9.85. The van der Waals surface area contributed by atoms with Crippen LogP contribution in [-0.4, -0.2) is 23.9 Å². The van der Waals surface area contributed by atoms with Gasteiger partial charge in [-0.2, -0.15) is 0 Å². The normalized spacial score (nSPS) is 12.2. The molecule has 5 heteroatoms. The number of halogens is 1. The highest BCUT2D eigenvalue weighted by atomic mass is 35.5. The SMILES string of the molecule is CCOC(=O)C(C=NCc1ccccc1)Cc1ccc(O)cc1Cl. The molecule has 0 radical (unpaired) electrons. The van der Waals surface area contributed by atoms with Crippen LogP contribution in [0.15, 0.2) is 53.5 Å². The average Bonchev–Trinajstić information content (AvgIpc) is 2.57. The highest BCUT2D eigenvalue weighted by Crippen LogP contribution is 2.24. The number of hydrogen-bond donors (Lipinski definition) is 1. The fraction of sp³-hybridized carbons (Fsp3) is 0.263. The monoisotopic (exact) mass is 345 g/mol.